The fourth-order valence-corrected chi connectivity index (χ4v) is 2.53. The summed E-state index contributed by atoms with van der Waals surface area (Å²) < 4.78 is 5.12. The molecule has 0 heterocycles. The van der Waals surface area contributed by atoms with Crippen LogP contribution in [-0.4, -0.2) is 36.4 Å². The zero-order valence-corrected chi connectivity index (χ0v) is 13.3. The summed E-state index contributed by atoms with van der Waals surface area (Å²) in [6.07, 6.45) is 2.33. The highest BCUT2D eigenvalue weighted by Crippen LogP contribution is 2.15. The minimum absolute atomic E-state index is 0.143. The average molecular weight is 298 g/mol. The standard InChI is InChI=1S/C16H24ClNO2/c1-4-14(5-2)18(11-10-17)16(19)12-13-6-8-15(20-3)9-7-13/h6-9,14H,4-5,10-12H2,1-3H3. The van der Waals surface area contributed by atoms with Crippen molar-refractivity contribution < 1.29 is 9.53 Å². The first-order valence-electron chi connectivity index (χ1n) is 7.14. The molecule has 4 heteroatoms. The summed E-state index contributed by atoms with van der Waals surface area (Å²) in [6.45, 7) is 4.83. The normalized spacial score (nSPS) is 10.7. The highest BCUT2D eigenvalue weighted by atomic mass is 35.5. The van der Waals surface area contributed by atoms with Gasteiger partial charge in [0.25, 0.3) is 0 Å². The van der Waals surface area contributed by atoms with Crippen molar-refractivity contribution in [1.29, 1.82) is 0 Å². The van der Waals surface area contributed by atoms with Crippen LogP contribution in [-0.2, 0) is 11.2 Å². The van der Waals surface area contributed by atoms with Gasteiger partial charge in [-0.1, -0.05) is 26.0 Å². The number of benzene rings is 1. The van der Waals surface area contributed by atoms with Gasteiger partial charge in [-0.25, -0.2) is 0 Å². The fraction of sp³-hybridized carbons (Fsp3) is 0.562. The molecule has 0 atom stereocenters. The number of amides is 1. The van der Waals surface area contributed by atoms with Crippen molar-refractivity contribution in [2.45, 2.75) is 39.2 Å². The SMILES string of the molecule is CCC(CC)N(CCCl)C(=O)Cc1ccc(OC)cc1. The fourth-order valence-electron chi connectivity index (χ4n) is 2.35. The Labute approximate surface area is 126 Å². The number of alkyl halides is 1. The van der Waals surface area contributed by atoms with E-state index in [1.807, 2.05) is 29.2 Å². The summed E-state index contributed by atoms with van der Waals surface area (Å²) >= 11 is 5.83. The number of hydrogen-bond donors (Lipinski definition) is 0. The quantitative estimate of drug-likeness (QED) is 0.687. The molecule has 112 valence electrons. The molecule has 1 aromatic carbocycles. The first kappa shape index (κ1) is 16.8. The maximum Gasteiger partial charge on any atom is 0.227 e. The molecule has 3 nitrogen and oxygen atoms in total. The van der Waals surface area contributed by atoms with Gasteiger partial charge in [0, 0.05) is 18.5 Å². The summed E-state index contributed by atoms with van der Waals surface area (Å²) in [5.74, 6) is 1.42. The molecule has 0 aliphatic rings. The Bertz CT molecular complexity index is 401. The van der Waals surface area contributed by atoms with Gasteiger partial charge in [0.2, 0.25) is 5.91 Å². The lowest BCUT2D eigenvalue weighted by Crippen LogP contribution is -2.41. The minimum Gasteiger partial charge on any atom is -0.497 e. The minimum atomic E-state index is 0.143. The predicted octanol–water partition coefficient (Wildman–Crippen LogP) is 3.49. The highest BCUT2D eigenvalue weighted by molar-refractivity contribution is 6.18. The van der Waals surface area contributed by atoms with Crippen molar-refractivity contribution in [2.75, 3.05) is 19.5 Å². The van der Waals surface area contributed by atoms with Crippen molar-refractivity contribution >= 4 is 17.5 Å². The van der Waals surface area contributed by atoms with Gasteiger partial charge in [-0.15, -0.1) is 11.6 Å². The second-order valence-electron chi connectivity index (χ2n) is 4.77. The summed E-state index contributed by atoms with van der Waals surface area (Å²) in [5.41, 5.74) is 1.00. The molecule has 0 unspecified atom stereocenters. The van der Waals surface area contributed by atoms with Gasteiger partial charge in [0.1, 0.15) is 5.75 Å². The van der Waals surface area contributed by atoms with Crippen LogP contribution < -0.4 is 4.74 Å². The van der Waals surface area contributed by atoms with Crippen LogP contribution in [0.1, 0.15) is 32.3 Å². The van der Waals surface area contributed by atoms with Crippen LogP contribution in [0.2, 0.25) is 0 Å². The molecule has 0 aliphatic heterocycles. The molecule has 0 saturated heterocycles. The second kappa shape index (κ2) is 8.85. The van der Waals surface area contributed by atoms with Crippen molar-refractivity contribution in [3.8, 4) is 5.75 Å². The molecule has 0 bridgehead atoms. The zero-order chi connectivity index (χ0) is 15.0. The van der Waals surface area contributed by atoms with E-state index in [2.05, 4.69) is 13.8 Å². The molecule has 0 aromatic heterocycles. The summed E-state index contributed by atoms with van der Waals surface area (Å²) in [7, 11) is 1.63. The van der Waals surface area contributed by atoms with Crippen LogP contribution in [0.25, 0.3) is 0 Å². The van der Waals surface area contributed by atoms with Gasteiger partial charge in [0.05, 0.1) is 13.5 Å². The number of methoxy groups -OCH3 is 1. The maximum atomic E-state index is 12.5. The molecule has 0 saturated carbocycles. The second-order valence-corrected chi connectivity index (χ2v) is 5.15. The van der Waals surface area contributed by atoms with Crippen molar-refractivity contribution in [3.63, 3.8) is 0 Å². The third kappa shape index (κ3) is 4.71. The first-order valence-corrected chi connectivity index (χ1v) is 7.68. The molecule has 0 spiro atoms. The van der Waals surface area contributed by atoms with Crippen molar-refractivity contribution in [1.82, 2.24) is 4.90 Å². The summed E-state index contributed by atoms with van der Waals surface area (Å²) in [6, 6.07) is 7.90. The highest BCUT2D eigenvalue weighted by Gasteiger charge is 2.20. The van der Waals surface area contributed by atoms with E-state index in [9.17, 15) is 4.79 Å². The molecule has 20 heavy (non-hydrogen) atoms. The van der Waals surface area contributed by atoms with E-state index in [1.54, 1.807) is 7.11 Å². The number of rotatable bonds is 8. The smallest absolute Gasteiger partial charge is 0.227 e. The molecule has 1 amide bonds. The van der Waals surface area contributed by atoms with Gasteiger partial charge in [-0.05, 0) is 30.5 Å². The molecular formula is C16H24ClNO2. The zero-order valence-electron chi connectivity index (χ0n) is 12.6. The Hall–Kier alpha value is -1.22. The monoisotopic (exact) mass is 297 g/mol. The summed E-state index contributed by atoms with van der Waals surface area (Å²) in [4.78, 5) is 14.4. The van der Waals surface area contributed by atoms with Gasteiger partial charge in [0.15, 0.2) is 0 Å². The first-order chi connectivity index (χ1) is 9.65. The number of halogens is 1. The van der Waals surface area contributed by atoms with E-state index in [0.29, 0.717) is 18.8 Å². The van der Waals surface area contributed by atoms with Crippen LogP contribution >= 0.6 is 11.6 Å². The van der Waals surface area contributed by atoms with Crippen LogP contribution in [0.15, 0.2) is 24.3 Å². The van der Waals surface area contributed by atoms with E-state index in [-0.39, 0.29) is 11.9 Å². The van der Waals surface area contributed by atoms with Crippen LogP contribution in [0, 0.1) is 0 Å². The van der Waals surface area contributed by atoms with Gasteiger partial charge < -0.3 is 9.64 Å². The number of nitrogens with zero attached hydrogens (tertiary/aromatic N) is 1. The third-order valence-corrected chi connectivity index (χ3v) is 3.71. The van der Waals surface area contributed by atoms with E-state index in [4.69, 9.17) is 16.3 Å². The van der Waals surface area contributed by atoms with E-state index in [1.165, 1.54) is 0 Å². The molecule has 0 N–H and O–H groups in total. The molecule has 0 aliphatic carbocycles. The van der Waals surface area contributed by atoms with Gasteiger partial charge in [-0.2, -0.15) is 0 Å². The molecule has 0 radical (unpaired) electrons. The van der Waals surface area contributed by atoms with E-state index < -0.39 is 0 Å². The van der Waals surface area contributed by atoms with Crippen molar-refractivity contribution in [2.24, 2.45) is 0 Å². The topological polar surface area (TPSA) is 29.5 Å². The Morgan fingerprint density at radius 2 is 1.85 bits per heavy atom. The average Bonchev–Trinajstić information content (AvgIpc) is 2.48. The largest absolute Gasteiger partial charge is 0.497 e. The number of ether oxygens (including phenoxy) is 1. The molecule has 0 fully saturated rings. The van der Waals surface area contributed by atoms with Gasteiger partial charge in [-0.3, -0.25) is 4.79 Å². The number of hydrogen-bond acceptors (Lipinski definition) is 2. The molecule has 1 rings (SSSR count). The Kier molecular flexibility index (Phi) is 7.45. The number of carbonyl (C=O) groups is 1. The van der Waals surface area contributed by atoms with Gasteiger partial charge >= 0.3 is 0 Å². The summed E-state index contributed by atoms with van der Waals surface area (Å²) in [5, 5.41) is 0. The Morgan fingerprint density at radius 3 is 2.30 bits per heavy atom. The lowest BCUT2D eigenvalue weighted by atomic mass is 10.1. The number of carbonyl (C=O) groups excluding carboxylic acids is 1. The third-order valence-electron chi connectivity index (χ3n) is 3.54. The van der Waals surface area contributed by atoms with Crippen LogP contribution in [0.3, 0.4) is 0 Å². The molecular weight excluding hydrogens is 274 g/mol. The van der Waals surface area contributed by atoms with E-state index >= 15 is 0 Å². The predicted molar refractivity (Wildman–Crippen MR) is 83.5 cm³/mol. The molecule has 1 aromatic rings. The Balaban J connectivity index is 2.73. The van der Waals surface area contributed by atoms with E-state index in [0.717, 1.165) is 24.2 Å². The maximum absolute atomic E-state index is 12.5. The lowest BCUT2D eigenvalue weighted by molar-refractivity contribution is -0.132. The van der Waals surface area contributed by atoms with Crippen LogP contribution in [0.4, 0.5) is 0 Å². The van der Waals surface area contributed by atoms with Crippen LogP contribution in [0.5, 0.6) is 5.75 Å². The lowest BCUT2D eigenvalue weighted by Gasteiger charge is -2.30. The van der Waals surface area contributed by atoms with Crippen molar-refractivity contribution in [3.05, 3.63) is 29.8 Å². The Morgan fingerprint density at radius 1 is 1.25 bits per heavy atom.